The van der Waals surface area contributed by atoms with Crippen LogP contribution in [0.15, 0.2) is 0 Å². The Kier molecular flexibility index (Phi) is 27.8. The Balaban J connectivity index is -0.0000000297. The Labute approximate surface area is 183 Å². The first-order valence-electron chi connectivity index (χ1n) is 4.92. The van der Waals surface area contributed by atoms with E-state index in [2.05, 4.69) is 0 Å². The van der Waals surface area contributed by atoms with E-state index >= 15 is 0 Å². The van der Waals surface area contributed by atoms with Gasteiger partial charge in [0.2, 0.25) is 0 Å². The molecule has 0 rings (SSSR count). The fourth-order valence-corrected chi connectivity index (χ4v) is 0. The first-order chi connectivity index (χ1) is 10.6. The van der Waals surface area contributed by atoms with Crippen molar-refractivity contribution in [1.29, 1.82) is 21.0 Å². The first kappa shape index (κ1) is 50.8. The summed E-state index contributed by atoms with van der Waals surface area (Å²) in [5.74, 6) is 0. The Morgan fingerprint density at radius 3 is 0.393 bits per heavy atom. The smallest absolute Gasteiger partial charge is 1.00 e. The van der Waals surface area contributed by atoms with Gasteiger partial charge >= 0.3 is 111 Å². The fraction of sp³-hybridized carbons (Fsp3) is 0.500. The van der Waals surface area contributed by atoms with Crippen molar-refractivity contribution in [3.05, 3.63) is 0 Å². The molecule has 0 fully saturated rings. The van der Waals surface area contributed by atoms with Gasteiger partial charge in [-0.1, -0.05) is 0 Å². The quantitative estimate of drug-likeness (QED) is 0.146. The summed E-state index contributed by atoms with van der Waals surface area (Å²) in [4.78, 5) is 0. The van der Waals surface area contributed by atoms with Crippen LogP contribution in [0.1, 0.15) is 27.7 Å². The van der Waals surface area contributed by atoms with Crippen molar-refractivity contribution in [3.63, 3.8) is 0 Å². The molecule has 20 heteroatoms. The molecule has 0 atom stereocenters. The summed E-state index contributed by atoms with van der Waals surface area (Å²) >= 11 is 0. The molecule has 28 heavy (non-hydrogen) atoms. The maximum Gasteiger partial charge on any atom is 1.00 e. The Bertz CT molecular complexity index is 444. The Morgan fingerprint density at radius 1 is 0.393 bits per heavy atom. The topological polar surface area (TPSA) is 95.2 Å². The largest absolute Gasteiger partial charge is 1.00 e. The van der Waals surface area contributed by atoms with Crippen LogP contribution in [-0.2, 0) is 44.8 Å². The normalized spacial score (nSPS) is 12.7. The molecule has 0 N–H and O–H groups in total. The van der Waals surface area contributed by atoms with Crippen molar-refractivity contribution in [2.24, 2.45) is 0 Å². The molecule has 4 nitrogen and oxygen atoms in total. The predicted molar refractivity (Wildman–Crippen MR) is 72.3 cm³/mol. The molecule has 180 valence electrons. The number of hydrogen-bond acceptors (Lipinski definition) is 4. The maximum atomic E-state index is 9.87. The van der Waals surface area contributed by atoms with Crippen LogP contribution in [0.2, 0.25) is 0 Å². The molecule has 0 saturated carbocycles. The van der Waals surface area contributed by atoms with Gasteiger partial charge in [0.25, 0.3) is 0 Å². The van der Waals surface area contributed by atoms with Crippen LogP contribution >= 0.6 is 15.6 Å². The summed E-state index contributed by atoms with van der Waals surface area (Å²) < 4.78 is 118. The summed E-state index contributed by atoms with van der Waals surface area (Å²) in [5.41, 5.74) is 0. The molecule has 0 radical (unpaired) electrons. The van der Waals surface area contributed by atoms with Crippen molar-refractivity contribution in [2.75, 3.05) is 0 Å². The molecule has 0 aromatic carbocycles. The molecule has 0 aliphatic heterocycles. The fourth-order valence-electron chi connectivity index (χ4n) is 0. The number of nitriles is 4. The van der Waals surface area contributed by atoms with Crippen LogP contribution in [0.4, 0.5) is 50.4 Å². The van der Waals surface area contributed by atoms with E-state index < -0.39 is 15.6 Å². The number of rotatable bonds is 0. The average molecular weight is 670 g/mol. The van der Waals surface area contributed by atoms with E-state index in [0.29, 0.717) is 0 Å². The number of hydrogen-bond donors (Lipinski definition) is 0. The SMILES string of the molecule is CC#N.CC#N.CC#N.CC#N.F[P-](F)(F)(F)(F)F.F[P-](F)(F)(F)(F)F.[Ag+].[Ag+]. The van der Waals surface area contributed by atoms with Crippen LogP contribution in [0.3, 0.4) is 0 Å². The predicted octanol–water partition coefficient (Wildman–Crippen LogP) is 8.88. The molecule has 0 aliphatic carbocycles. The van der Waals surface area contributed by atoms with Crippen LogP contribution in [0.5, 0.6) is 0 Å². The third-order valence-electron chi connectivity index (χ3n) is 0. The first-order valence-corrected chi connectivity index (χ1v) is 8.98. The molecular weight excluding hydrogens is 658 g/mol. The number of halogens is 12. The second kappa shape index (κ2) is 15.3. The van der Waals surface area contributed by atoms with Crippen molar-refractivity contribution in [1.82, 2.24) is 0 Å². The van der Waals surface area contributed by atoms with Gasteiger partial charge in [0.05, 0.1) is 24.3 Å². The summed E-state index contributed by atoms with van der Waals surface area (Å²) in [6, 6.07) is 7.00. The van der Waals surface area contributed by atoms with Crippen molar-refractivity contribution in [2.45, 2.75) is 27.7 Å². The molecule has 0 unspecified atom stereocenters. The molecule has 0 spiro atoms. The molecule has 0 bridgehead atoms. The summed E-state index contributed by atoms with van der Waals surface area (Å²) in [7, 11) is -21.3. The van der Waals surface area contributed by atoms with Crippen LogP contribution < -0.4 is 0 Å². The minimum Gasteiger partial charge on any atom is 1.00 e. The monoisotopic (exact) mass is 668 g/mol. The summed E-state index contributed by atoms with van der Waals surface area (Å²) in [5, 5.41) is 29.3. The second-order valence-electron chi connectivity index (χ2n) is 2.81. The zero-order chi connectivity index (χ0) is 23.6. The Morgan fingerprint density at radius 2 is 0.393 bits per heavy atom. The molecule has 0 aromatic heterocycles. The zero-order valence-corrected chi connectivity index (χ0v) is 18.6. The van der Waals surface area contributed by atoms with E-state index in [1.54, 1.807) is 24.3 Å². The third-order valence-corrected chi connectivity index (χ3v) is 0. The van der Waals surface area contributed by atoms with E-state index in [9.17, 15) is 50.4 Å². The second-order valence-corrected chi connectivity index (χ2v) is 6.64. The van der Waals surface area contributed by atoms with Gasteiger partial charge in [0, 0.05) is 27.7 Å². The molecule has 0 heterocycles. The standard InChI is InChI=1S/4C2H3N.2Ag.2F6P/c4*1-2-3;;;2*1-7(2,3,4,5)6/h4*1H3;;;;/q;;;;2*+1;2*-1. The maximum absolute atomic E-state index is 10.7. The van der Waals surface area contributed by atoms with Crippen molar-refractivity contribution >= 4 is 15.6 Å². The Hall–Kier alpha value is -0.539. The zero-order valence-electron chi connectivity index (χ0n) is 13.8. The van der Waals surface area contributed by atoms with Crippen molar-refractivity contribution < 1.29 is 95.1 Å². The van der Waals surface area contributed by atoms with E-state index in [-0.39, 0.29) is 44.8 Å². The van der Waals surface area contributed by atoms with Crippen LogP contribution in [0, 0.1) is 45.3 Å². The molecular formula is C8H12Ag2F12N4P2. The van der Waals surface area contributed by atoms with Gasteiger partial charge < -0.3 is 0 Å². The minimum atomic E-state index is -10.7. The van der Waals surface area contributed by atoms with E-state index in [0.717, 1.165) is 0 Å². The van der Waals surface area contributed by atoms with E-state index in [4.69, 9.17) is 21.0 Å². The van der Waals surface area contributed by atoms with Gasteiger partial charge in [-0.05, 0) is 0 Å². The van der Waals surface area contributed by atoms with Crippen LogP contribution in [-0.4, -0.2) is 0 Å². The van der Waals surface area contributed by atoms with Gasteiger partial charge in [-0.2, -0.15) is 21.0 Å². The van der Waals surface area contributed by atoms with E-state index in [1.165, 1.54) is 27.7 Å². The summed E-state index contributed by atoms with van der Waals surface area (Å²) in [6.45, 7) is 5.72. The van der Waals surface area contributed by atoms with Crippen LogP contribution in [0.25, 0.3) is 0 Å². The van der Waals surface area contributed by atoms with Gasteiger partial charge in [-0.3, -0.25) is 0 Å². The molecule has 0 aromatic rings. The third kappa shape index (κ3) is 52300. The average Bonchev–Trinajstić information content (AvgIpc) is 2.10. The minimum absolute atomic E-state index is 0. The van der Waals surface area contributed by atoms with Gasteiger partial charge in [0.15, 0.2) is 0 Å². The van der Waals surface area contributed by atoms with Gasteiger partial charge in [-0.25, -0.2) is 0 Å². The molecule has 0 saturated heterocycles. The summed E-state index contributed by atoms with van der Waals surface area (Å²) in [6.07, 6.45) is 0. The van der Waals surface area contributed by atoms with Gasteiger partial charge in [-0.15, -0.1) is 0 Å². The van der Waals surface area contributed by atoms with E-state index in [1.807, 2.05) is 0 Å². The van der Waals surface area contributed by atoms with Crippen molar-refractivity contribution in [3.8, 4) is 24.3 Å². The molecule has 0 amide bonds. The number of nitrogens with zero attached hydrogens (tertiary/aromatic N) is 4. The van der Waals surface area contributed by atoms with Gasteiger partial charge in [0.1, 0.15) is 0 Å². The molecule has 0 aliphatic rings.